The average molecular weight is 581 g/mol. The summed E-state index contributed by atoms with van der Waals surface area (Å²) in [5.41, 5.74) is 9.19. The van der Waals surface area contributed by atoms with E-state index in [0.717, 1.165) is 112 Å². The molecule has 0 atom stereocenters. The highest BCUT2D eigenvalue weighted by molar-refractivity contribution is 6.01. The van der Waals surface area contributed by atoms with Gasteiger partial charge in [-0.05, 0) is 52.8 Å². The second kappa shape index (κ2) is 12.5. The van der Waals surface area contributed by atoms with Crippen LogP contribution in [0.5, 0.6) is 5.75 Å². The molecule has 7 rings (SSSR count). The number of fused-ring (bicyclic) bond motifs is 4. The lowest BCUT2D eigenvalue weighted by Crippen LogP contribution is -2.49. The summed E-state index contributed by atoms with van der Waals surface area (Å²) in [6.45, 7) is 8.89. The lowest BCUT2D eigenvalue weighted by Gasteiger charge is -2.34. The first-order chi connectivity index (χ1) is 21.2. The van der Waals surface area contributed by atoms with Crippen LogP contribution in [0, 0.1) is 0 Å². The van der Waals surface area contributed by atoms with Gasteiger partial charge in [0.1, 0.15) is 5.75 Å². The number of allylic oxidation sites excluding steroid dienone is 1. The Morgan fingerprint density at radius 3 is 2.47 bits per heavy atom. The van der Waals surface area contributed by atoms with Crippen LogP contribution in [0.2, 0.25) is 0 Å². The van der Waals surface area contributed by atoms with Gasteiger partial charge in [-0.25, -0.2) is 0 Å². The van der Waals surface area contributed by atoms with Gasteiger partial charge in [0.25, 0.3) is 0 Å². The van der Waals surface area contributed by atoms with Crippen molar-refractivity contribution in [3.63, 3.8) is 0 Å². The van der Waals surface area contributed by atoms with Crippen molar-refractivity contribution in [3.05, 3.63) is 83.2 Å². The molecule has 3 aliphatic heterocycles. The molecule has 1 amide bonds. The SMILES string of the molecule is COCCN1CCN(CC(=O)Nc2ccc(-c3cccc4c3OC(N3CCOCC3)=CC4)c3c2-c2ccccc2C3)CC1. The Balaban J connectivity index is 1.15. The van der Waals surface area contributed by atoms with Crippen molar-refractivity contribution in [2.24, 2.45) is 0 Å². The second-order valence-electron chi connectivity index (χ2n) is 11.7. The number of morpholine rings is 1. The Labute approximate surface area is 253 Å². The van der Waals surface area contributed by atoms with Crippen LogP contribution >= 0.6 is 0 Å². The summed E-state index contributed by atoms with van der Waals surface area (Å²) < 4.78 is 17.4. The van der Waals surface area contributed by atoms with Crippen molar-refractivity contribution in [3.8, 4) is 28.0 Å². The van der Waals surface area contributed by atoms with E-state index >= 15 is 0 Å². The molecule has 1 N–H and O–H groups in total. The van der Waals surface area contributed by atoms with Crippen molar-refractivity contribution in [2.75, 3.05) is 84.6 Å². The third kappa shape index (κ3) is 5.80. The molecule has 0 unspecified atom stereocenters. The summed E-state index contributed by atoms with van der Waals surface area (Å²) in [6.07, 6.45) is 3.85. The maximum absolute atomic E-state index is 13.4. The van der Waals surface area contributed by atoms with Crippen LogP contribution in [-0.4, -0.2) is 99.9 Å². The Morgan fingerprint density at radius 2 is 1.63 bits per heavy atom. The zero-order chi connectivity index (χ0) is 29.2. The molecule has 2 saturated heterocycles. The minimum atomic E-state index is 0.0328. The first-order valence-electron chi connectivity index (χ1n) is 15.5. The number of carbonyl (C=O) groups is 1. The molecule has 0 aromatic heterocycles. The van der Waals surface area contributed by atoms with Gasteiger partial charge in [0, 0.05) is 69.7 Å². The van der Waals surface area contributed by atoms with Crippen molar-refractivity contribution in [1.82, 2.24) is 14.7 Å². The molecule has 0 saturated carbocycles. The number of piperazine rings is 1. The van der Waals surface area contributed by atoms with Crippen LogP contribution in [0.1, 0.15) is 16.7 Å². The monoisotopic (exact) mass is 580 g/mol. The van der Waals surface area contributed by atoms with Crippen molar-refractivity contribution >= 4 is 11.6 Å². The number of ether oxygens (including phenoxy) is 3. The van der Waals surface area contributed by atoms with Crippen LogP contribution in [0.3, 0.4) is 0 Å². The van der Waals surface area contributed by atoms with E-state index < -0.39 is 0 Å². The molecule has 8 nitrogen and oxygen atoms in total. The molecule has 3 heterocycles. The maximum atomic E-state index is 13.4. The zero-order valence-electron chi connectivity index (χ0n) is 24.9. The lowest BCUT2D eigenvalue weighted by atomic mass is 9.91. The number of hydrogen-bond donors (Lipinski definition) is 1. The smallest absolute Gasteiger partial charge is 0.238 e. The Kier molecular flexibility index (Phi) is 8.17. The number of carbonyl (C=O) groups excluding carboxylic acids is 1. The number of methoxy groups -OCH3 is 1. The van der Waals surface area contributed by atoms with E-state index in [2.05, 4.69) is 80.7 Å². The molecule has 43 heavy (non-hydrogen) atoms. The lowest BCUT2D eigenvalue weighted by molar-refractivity contribution is -0.117. The van der Waals surface area contributed by atoms with Gasteiger partial charge in [0.15, 0.2) is 5.88 Å². The maximum Gasteiger partial charge on any atom is 0.238 e. The fourth-order valence-electron chi connectivity index (χ4n) is 6.79. The minimum absolute atomic E-state index is 0.0328. The second-order valence-corrected chi connectivity index (χ2v) is 11.7. The average Bonchev–Trinajstić information content (AvgIpc) is 3.45. The fourth-order valence-corrected chi connectivity index (χ4v) is 6.79. The van der Waals surface area contributed by atoms with E-state index in [9.17, 15) is 4.79 Å². The summed E-state index contributed by atoms with van der Waals surface area (Å²) in [4.78, 5) is 20.3. The molecule has 224 valence electrons. The van der Waals surface area contributed by atoms with Crippen LogP contribution < -0.4 is 10.1 Å². The van der Waals surface area contributed by atoms with Crippen LogP contribution in [0.25, 0.3) is 22.3 Å². The molecule has 0 spiro atoms. The standard InChI is InChI=1S/C35H40N4O4/c1-41-20-17-37-13-15-38(16-14-37)24-32(40)36-31-11-10-28(30-23-26-5-2-3-7-27(26)34(30)31)29-8-4-6-25-9-12-33(43-35(25)29)39-18-21-42-22-19-39/h2-8,10-12H,9,13-24H2,1H3,(H,36,40). The van der Waals surface area contributed by atoms with Gasteiger partial charge in [-0.1, -0.05) is 48.5 Å². The highest BCUT2D eigenvalue weighted by Crippen LogP contribution is 2.48. The first kappa shape index (κ1) is 28.1. The van der Waals surface area contributed by atoms with Crippen LogP contribution in [0.15, 0.2) is 66.6 Å². The highest BCUT2D eigenvalue weighted by Gasteiger charge is 2.29. The third-order valence-electron chi connectivity index (χ3n) is 9.10. The van der Waals surface area contributed by atoms with Crippen molar-refractivity contribution in [1.29, 1.82) is 0 Å². The van der Waals surface area contributed by atoms with Crippen LogP contribution in [-0.2, 0) is 27.1 Å². The quantitative estimate of drug-likeness (QED) is 0.335. The number of rotatable bonds is 8. The normalized spacial score (nSPS) is 18.3. The number of hydrogen-bond acceptors (Lipinski definition) is 7. The van der Waals surface area contributed by atoms with E-state index in [-0.39, 0.29) is 5.91 Å². The first-order valence-corrected chi connectivity index (χ1v) is 15.5. The third-order valence-corrected chi connectivity index (χ3v) is 9.10. The minimum Gasteiger partial charge on any atom is -0.441 e. The number of nitrogens with zero attached hydrogens (tertiary/aromatic N) is 3. The summed E-state index contributed by atoms with van der Waals surface area (Å²) in [6, 6.07) is 19.3. The summed E-state index contributed by atoms with van der Waals surface area (Å²) in [7, 11) is 1.74. The summed E-state index contributed by atoms with van der Waals surface area (Å²) in [5, 5.41) is 3.29. The number of amides is 1. The Bertz CT molecular complexity index is 1520. The molecule has 3 aromatic carbocycles. The summed E-state index contributed by atoms with van der Waals surface area (Å²) >= 11 is 0. The molecule has 0 bridgehead atoms. The molecular weight excluding hydrogens is 540 g/mol. The number of anilines is 1. The molecule has 2 fully saturated rings. The van der Waals surface area contributed by atoms with Crippen molar-refractivity contribution in [2.45, 2.75) is 12.8 Å². The predicted octanol–water partition coefficient (Wildman–Crippen LogP) is 4.24. The molecule has 0 radical (unpaired) electrons. The van der Waals surface area contributed by atoms with Crippen LogP contribution in [0.4, 0.5) is 5.69 Å². The number of para-hydroxylation sites is 1. The van der Waals surface area contributed by atoms with Gasteiger partial charge < -0.3 is 24.4 Å². The topological polar surface area (TPSA) is 66.5 Å². The Morgan fingerprint density at radius 1 is 0.860 bits per heavy atom. The number of benzene rings is 3. The molecular formula is C35H40N4O4. The van der Waals surface area contributed by atoms with E-state index in [0.29, 0.717) is 6.54 Å². The largest absolute Gasteiger partial charge is 0.441 e. The fraction of sp³-hybridized carbons (Fsp3) is 0.400. The van der Waals surface area contributed by atoms with Gasteiger partial charge in [-0.2, -0.15) is 0 Å². The molecule has 8 heteroatoms. The highest BCUT2D eigenvalue weighted by atomic mass is 16.5. The molecule has 4 aliphatic rings. The van der Waals surface area contributed by atoms with Crippen molar-refractivity contribution < 1.29 is 19.0 Å². The Hall–Kier alpha value is -3.69. The van der Waals surface area contributed by atoms with E-state index in [1.54, 1.807) is 7.11 Å². The number of nitrogens with one attached hydrogen (secondary N) is 1. The predicted molar refractivity (Wildman–Crippen MR) is 168 cm³/mol. The van der Waals surface area contributed by atoms with Gasteiger partial charge >= 0.3 is 0 Å². The van der Waals surface area contributed by atoms with E-state index in [1.807, 2.05) is 0 Å². The van der Waals surface area contributed by atoms with Gasteiger partial charge in [-0.15, -0.1) is 0 Å². The van der Waals surface area contributed by atoms with Gasteiger partial charge in [-0.3, -0.25) is 14.6 Å². The van der Waals surface area contributed by atoms with Gasteiger partial charge in [0.2, 0.25) is 5.91 Å². The molecule has 3 aromatic rings. The zero-order valence-corrected chi connectivity index (χ0v) is 24.9. The molecule has 1 aliphatic carbocycles. The van der Waals surface area contributed by atoms with Gasteiger partial charge in [0.05, 0.1) is 26.4 Å². The summed E-state index contributed by atoms with van der Waals surface area (Å²) in [5.74, 6) is 1.89. The van der Waals surface area contributed by atoms with E-state index in [1.165, 1.54) is 22.3 Å². The van der Waals surface area contributed by atoms with E-state index in [4.69, 9.17) is 14.2 Å².